The van der Waals surface area contributed by atoms with Gasteiger partial charge in [-0.05, 0) is 30.4 Å². The average molecular weight is 457 g/mol. The number of carbonyl (C=O) groups is 3. The van der Waals surface area contributed by atoms with Crippen molar-refractivity contribution >= 4 is 18.0 Å². The molecule has 2 rings (SSSR count). The molecule has 0 saturated heterocycles. The lowest BCUT2D eigenvalue weighted by molar-refractivity contribution is -0.150. The van der Waals surface area contributed by atoms with Crippen LogP contribution in [-0.2, 0) is 32.3 Å². The number of benzene rings is 2. The van der Waals surface area contributed by atoms with Crippen molar-refractivity contribution in [2.24, 2.45) is 5.92 Å². The third-order valence-corrected chi connectivity index (χ3v) is 4.78. The van der Waals surface area contributed by atoms with Gasteiger partial charge in [-0.3, -0.25) is 4.79 Å². The fourth-order valence-electron chi connectivity index (χ4n) is 3.07. The molecule has 0 aliphatic carbocycles. The first kappa shape index (κ1) is 25.9. The molecule has 0 aliphatic heterocycles. The Bertz CT molecular complexity index is 886. The molecule has 0 unspecified atom stereocenters. The lowest BCUT2D eigenvalue weighted by Gasteiger charge is -2.25. The molecule has 8 heteroatoms. The van der Waals surface area contributed by atoms with Crippen LogP contribution >= 0.6 is 0 Å². The summed E-state index contributed by atoms with van der Waals surface area (Å²) < 4.78 is 10.5. The number of amides is 2. The number of hydrogen-bond donors (Lipinski definition) is 3. The maximum absolute atomic E-state index is 12.8. The van der Waals surface area contributed by atoms with Crippen molar-refractivity contribution in [1.29, 1.82) is 0 Å². The smallest absolute Gasteiger partial charge is 0.408 e. The van der Waals surface area contributed by atoms with Crippen LogP contribution in [0.4, 0.5) is 4.79 Å². The van der Waals surface area contributed by atoms with Gasteiger partial charge in [0.1, 0.15) is 25.3 Å². The highest BCUT2D eigenvalue weighted by atomic mass is 16.5. The summed E-state index contributed by atoms with van der Waals surface area (Å²) in [5.74, 6) is -1.20. The molecule has 2 amide bonds. The van der Waals surface area contributed by atoms with Crippen LogP contribution in [0, 0.1) is 5.92 Å². The van der Waals surface area contributed by atoms with Gasteiger partial charge in [0, 0.05) is 0 Å². The summed E-state index contributed by atoms with van der Waals surface area (Å²) in [5, 5.41) is 15.0. The van der Waals surface area contributed by atoms with Gasteiger partial charge in [0.2, 0.25) is 5.91 Å². The van der Waals surface area contributed by atoms with Gasteiger partial charge in [0.05, 0.1) is 6.10 Å². The molecule has 0 fully saturated rings. The number of alkyl carbamates (subject to hydrolysis) is 1. The van der Waals surface area contributed by atoms with Gasteiger partial charge in [-0.15, -0.1) is 0 Å². The maximum atomic E-state index is 12.8. The van der Waals surface area contributed by atoms with E-state index in [-0.39, 0.29) is 19.1 Å². The topological polar surface area (TPSA) is 114 Å². The van der Waals surface area contributed by atoms with Crippen molar-refractivity contribution < 1.29 is 29.0 Å². The quantitative estimate of drug-likeness (QED) is 0.448. The van der Waals surface area contributed by atoms with E-state index >= 15 is 0 Å². The summed E-state index contributed by atoms with van der Waals surface area (Å²) in [4.78, 5) is 37.6. The Balaban J connectivity index is 1.96. The van der Waals surface area contributed by atoms with Gasteiger partial charge in [-0.1, -0.05) is 74.5 Å². The van der Waals surface area contributed by atoms with Crippen molar-refractivity contribution in [3.05, 3.63) is 71.8 Å². The van der Waals surface area contributed by atoms with Crippen molar-refractivity contribution in [2.45, 2.75) is 58.6 Å². The van der Waals surface area contributed by atoms with E-state index in [0.29, 0.717) is 6.42 Å². The summed E-state index contributed by atoms with van der Waals surface area (Å²) in [6.07, 6.45) is -1.73. The largest absolute Gasteiger partial charge is 0.459 e. The van der Waals surface area contributed by atoms with Gasteiger partial charge in [-0.2, -0.15) is 0 Å². The first-order valence-corrected chi connectivity index (χ1v) is 10.9. The monoisotopic (exact) mass is 456 g/mol. The van der Waals surface area contributed by atoms with Crippen LogP contribution in [-0.4, -0.2) is 41.3 Å². The SMILES string of the molecule is CC(C)C[C@H](NC(=O)[C@H](NC(=O)OCc1ccccc1)[C@@H](C)O)C(=O)OCc1ccccc1. The molecule has 2 aromatic carbocycles. The first-order valence-electron chi connectivity index (χ1n) is 10.9. The minimum atomic E-state index is -1.30. The highest BCUT2D eigenvalue weighted by molar-refractivity contribution is 5.90. The van der Waals surface area contributed by atoms with Crippen LogP contribution in [0.5, 0.6) is 0 Å². The van der Waals surface area contributed by atoms with Gasteiger partial charge in [-0.25, -0.2) is 9.59 Å². The number of esters is 1. The van der Waals surface area contributed by atoms with Crippen LogP contribution in [0.2, 0.25) is 0 Å². The molecule has 0 spiro atoms. The zero-order valence-electron chi connectivity index (χ0n) is 19.2. The number of ether oxygens (including phenoxy) is 2. The van der Waals surface area contributed by atoms with E-state index < -0.39 is 36.2 Å². The predicted octanol–water partition coefficient (Wildman–Crippen LogP) is 2.94. The molecule has 178 valence electrons. The number of nitrogens with one attached hydrogen (secondary N) is 2. The summed E-state index contributed by atoms with van der Waals surface area (Å²) >= 11 is 0. The summed E-state index contributed by atoms with van der Waals surface area (Å²) in [6.45, 7) is 5.29. The Morgan fingerprint density at radius 3 is 1.82 bits per heavy atom. The van der Waals surface area contributed by atoms with Crippen molar-refractivity contribution in [2.75, 3.05) is 0 Å². The van der Waals surface area contributed by atoms with Crippen molar-refractivity contribution in [3.63, 3.8) is 0 Å². The molecule has 2 aromatic rings. The normalized spacial score (nSPS) is 13.5. The minimum absolute atomic E-state index is 0.0165. The van der Waals surface area contributed by atoms with E-state index in [4.69, 9.17) is 9.47 Å². The number of aliphatic hydroxyl groups excluding tert-OH is 1. The zero-order valence-corrected chi connectivity index (χ0v) is 19.2. The predicted molar refractivity (Wildman–Crippen MR) is 123 cm³/mol. The number of hydrogen-bond acceptors (Lipinski definition) is 6. The molecule has 0 aromatic heterocycles. The summed E-state index contributed by atoms with van der Waals surface area (Å²) in [5.41, 5.74) is 1.61. The molecule has 8 nitrogen and oxygen atoms in total. The molecule has 0 saturated carbocycles. The molecule has 3 atom stereocenters. The Kier molecular flexibility index (Phi) is 10.4. The molecule has 0 radical (unpaired) electrons. The first-order chi connectivity index (χ1) is 15.8. The highest BCUT2D eigenvalue weighted by Crippen LogP contribution is 2.10. The number of aliphatic hydroxyl groups is 1. The van der Waals surface area contributed by atoms with E-state index in [2.05, 4.69) is 10.6 Å². The van der Waals surface area contributed by atoms with Crippen LogP contribution in [0.1, 0.15) is 38.3 Å². The number of rotatable bonds is 11. The fourth-order valence-corrected chi connectivity index (χ4v) is 3.07. The van der Waals surface area contributed by atoms with Crippen LogP contribution in [0.3, 0.4) is 0 Å². The summed E-state index contributed by atoms with van der Waals surface area (Å²) in [6, 6.07) is 16.0. The Morgan fingerprint density at radius 1 is 0.818 bits per heavy atom. The molecule has 0 bridgehead atoms. The Hall–Kier alpha value is -3.39. The van der Waals surface area contributed by atoms with Gasteiger partial charge in [0.25, 0.3) is 0 Å². The standard InChI is InChI=1S/C25H32N2O6/c1-17(2)14-21(24(30)32-15-19-10-6-4-7-11-19)26-23(29)22(18(3)28)27-25(31)33-16-20-12-8-5-9-13-20/h4-13,17-18,21-22,28H,14-16H2,1-3H3,(H,26,29)(H,27,31)/t18-,21+,22-/m1/s1. The third kappa shape index (κ3) is 9.33. The molecule has 0 aliphatic rings. The molecular weight excluding hydrogens is 424 g/mol. The second-order valence-electron chi connectivity index (χ2n) is 8.21. The lowest BCUT2D eigenvalue weighted by Crippen LogP contribution is -2.56. The van der Waals surface area contributed by atoms with E-state index in [1.165, 1.54) is 6.92 Å². The van der Waals surface area contributed by atoms with Gasteiger partial charge < -0.3 is 25.2 Å². The maximum Gasteiger partial charge on any atom is 0.408 e. The minimum Gasteiger partial charge on any atom is -0.459 e. The van der Waals surface area contributed by atoms with E-state index in [1.54, 1.807) is 12.1 Å². The van der Waals surface area contributed by atoms with Crippen LogP contribution < -0.4 is 10.6 Å². The van der Waals surface area contributed by atoms with Gasteiger partial charge in [0.15, 0.2) is 0 Å². The van der Waals surface area contributed by atoms with Crippen molar-refractivity contribution in [1.82, 2.24) is 10.6 Å². The van der Waals surface area contributed by atoms with Crippen molar-refractivity contribution in [3.8, 4) is 0 Å². The molecule has 33 heavy (non-hydrogen) atoms. The lowest BCUT2D eigenvalue weighted by atomic mass is 10.0. The Morgan fingerprint density at radius 2 is 1.33 bits per heavy atom. The van der Waals surface area contributed by atoms with E-state index in [0.717, 1.165) is 11.1 Å². The molecule has 3 N–H and O–H groups in total. The Labute approximate surface area is 194 Å². The highest BCUT2D eigenvalue weighted by Gasteiger charge is 2.31. The van der Waals surface area contributed by atoms with E-state index in [9.17, 15) is 19.5 Å². The van der Waals surface area contributed by atoms with E-state index in [1.807, 2.05) is 62.4 Å². The van der Waals surface area contributed by atoms with Crippen LogP contribution in [0.25, 0.3) is 0 Å². The average Bonchev–Trinajstić information content (AvgIpc) is 2.80. The zero-order chi connectivity index (χ0) is 24.2. The fraction of sp³-hybridized carbons (Fsp3) is 0.400. The third-order valence-electron chi connectivity index (χ3n) is 4.78. The molecular formula is C25H32N2O6. The second kappa shape index (κ2) is 13.2. The van der Waals surface area contributed by atoms with Gasteiger partial charge >= 0.3 is 12.1 Å². The number of carbonyl (C=O) groups excluding carboxylic acids is 3. The van der Waals surface area contributed by atoms with Crippen LogP contribution in [0.15, 0.2) is 60.7 Å². The summed E-state index contributed by atoms with van der Waals surface area (Å²) in [7, 11) is 0. The molecule has 0 heterocycles. The second-order valence-corrected chi connectivity index (χ2v) is 8.21.